The molecule has 0 radical (unpaired) electrons. The maximum absolute atomic E-state index is 13.1. The topological polar surface area (TPSA) is 80.8 Å². The molecule has 0 aliphatic carbocycles. The highest BCUT2D eigenvalue weighted by Crippen LogP contribution is 2.33. The van der Waals surface area contributed by atoms with Crippen molar-refractivity contribution in [2.75, 3.05) is 13.3 Å². The van der Waals surface area contributed by atoms with E-state index >= 15 is 0 Å². The monoisotopic (exact) mass is 421 g/mol. The molecule has 0 saturated carbocycles. The fourth-order valence-corrected chi connectivity index (χ4v) is 4.45. The molecule has 0 fully saturated rings. The number of hydrogen-bond donors (Lipinski definition) is 1. The normalized spacial score (nSPS) is 16.8. The Kier molecular flexibility index (Phi) is 4.84. The van der Waals surface area contributed by atoms with Gasteiger partial charge in [-0.3, -0.25) is 14.6 Å². The van der Waals surface area contributed by atoms with Crippen LogP contribution in [0.1, 0.15) is 32.4 Å². The first-order valence-corrected chi connectivity index (χ1v) is 10.5. The first-order chi connectivity index (χ1) is 14.7. The van der Waals surface area contributed by atoms with Gasteiger partial charge in [0.15, 0.2) is 11.5 Å². The van der Waals surface area contributed by atoms with Gasteiger partial charge in [0.2, 0.25) is 12.7 Å². The molecule has 8 heteroatoms. The molecule has 0 spiro atoms. The Labute approximate surface area is 177 Å². The average molecular weight is 421 g/mol. The van der Waals surface area contributed by atoms with Crippen LogP contribution in [0, 0.1) is 0 Å². The summed E-state index contributed by atoms with van der Waals surface area (Å²) in [7, 11) is 0. The Bertz CT molecular complexity index is 1100. The summed E-state index contributed by atoms with van der Waals surface area (Å²) in [6.45, 7) is 1.32. The molecule has 2 aromatic heterocycles. The number of fused-ring (bicyclic) bond motifs is 2. The lowest BCUT2D eigenvalue weighted by Crippen LogP contribution is -2.44. The number of ether oxygens (including phenoxy) is 2. The Hall–Kier alpha value is -3.39. The van der Waals surface area contributed by atoms with Crippen LogP contribution < -0.4 is 14.8 Å². The number of rotatable bonds is 4. The minimum Gasteiger partial charge on any atom is -0.454 e. The molecule has 152 valence electrons. The van der Waals surface area contributed by atoms with E-state index in [1.54, 1.807) is 17.2 Å². The van der Waals surface area contributed by atoms with E-state index in [-0.39, 0.29) is 18.6 Å². The van der Waals surface area contributed by atoms with E-state index in [2.05, 4.69) is 10.3 Å². The number of amides is 2. The molecule has 2 aliphatic rings. The molecule has 2 aliphatic heterocycles. The second kappa shape index (κ2) is 7.79. The highest BCUT2D eigenvalue weighted by molar-refractivity contribution is 7.12. The number of nitrogens with zero attached hydrogens (tertiary/aromatic N) is 2. The molecule has 4 heterocycles. The lowest BCUT2D eigenvalue weighted by atomic mass is 9.93. The SMILES string of the molecule is O=C(NCc1ccc2c(c1)OCO2)C1CN(C(=O)c2cccs2)Cc2cccnc21. The molecule has 2 amide bonds. The second-order valence-corrected chi connectivity index (χ2v) is 8.12. The van der Waals surface area contributed by atoms with Gasteiger partial charge in [-0.2, -0.15) is 0 Å². The zero-order valence-corrected chi connectivity index (χ0v) is 16.9. The quantitative estimate of drug-likeness (QED) is 0.701. The van der Waals surface area contributed by atoms with Crippen molar-refractivity contribution in [2.24, 2.45) is 0 Å². The number of pyridine rings is 1. The van der Waals surface area contributed by atoms with Gasteiger partial charge < -0.3 is 19.7 Å². The summed E-state index contributed by atoms with van der Waals surface area (Å²) in [5, 5.41) is 4.86. The highest BCUT2D eigenvalue weighted by atomic mass is 32.1. The number of aromatic nitrogens is 1. The largest absolute Gasteiger partial charge is 0.454 e. The third-order valence-electron chi connectivity index (χ3n) is 5.26. The van der Waals surface area contributed by atoms with Crippen molar-refractivity contribution in [1.82, 2.24) is 15.2 Å². The van der Waals surface area contributed by atoms with Gasteiger partial charge in [0, 0.05) is 25.8 Å². The van der Waals surface area contributed by atoms with Crippen molar-refractivity contribution < 1.29 is 19.1 Å². The smallest absolute Gasteiger partial charge is 0.264 e. The first kappa shape index (κ1) is 18.6. The zero-order chi connectivity index (χ0) is 20.5. The Morgan fingerprint density at radius 2 is 2.07 bits per heavy atom. The van der Waals surface area contributed by atoms with E-state index in [0.717, 1.165) is 16.8 Å². The summed E-state index contributed by atoms with van der Waals surface area (Å²) in [5.74, 6) is 0.648. The van der Waals surface area contributed by atoms with Crippen LogP contribution in [-0.4, -0.2) is 35.0 Å². The lowest BCUT2D eigenvalue weighted by Gasteiger charge is -2.33. The summed E-state index contributed by atoms with van der Waals surface area (Å²) in [5.41, 5.74) is 2.55. The van der Waals surface area contributed by atoms with Crippen LogP contribution in [0.25, 0.3) is 0 Å². The van der Waals surface area contributed by atoms with E-state index in [4.69, 9.17) is 9.47 Å². The Morgan fingerprint density at radius 3 is 2.93 bits per heavy atom. The van der Waals surface area contributed by atoms with Crippen LogP contribution in [0.15, 0.2) is 54.0 Å². The van der Waals surface area contributed by atoms with E-state index in [1.165, 1.54) is 11.3 Å². The molecule has 3 aromatic rings. The van der Waals surface area contributed by atoms with Gasteiger partial charge in [-0.25, -0.2) is 0 Å². The van der Waals surface area contributed by atoms with E-state index in [1.807, 2.05) is 41.8 Å². The molecule has 0 saturated heterocycles. The maximum Gasteiger partial charge on any atom is 0.264 e. The summed E-state index contributed by atoms with van der Waals surface area (Å²) in [6.07, 6.45) is 1.69. The van der Waals surface area contributed by atoms with Crippen molar-refractivity contribution >= 4 is 23.2 Å². The number of nitrogens with one attached hydrogen (secondary N) is 1. The fraction of sp³-hybridized carbons (Fsp3) is 0.227. The predicted molar refractivity (Wildman–Crippen MR) is 110 cm³/mol. The van der Waals surface area contributed by atoms with Crippen LogP contribution in [0.5, 0.6) is 11.5 Å². The summed E-state index contributed by atoms with van der Waals surface area (Å²) in [6, 6.07) is 13.0. The standard InChI is InChI=1S/C22H19N3O4S/c26-21(24-10-14-5-6-17-18(9-14)29-13-28-17)16-12-25(22(27)19-4-2-8-30-19)11-15-3-1-7-23-20(15)16/h1-9,16H,10-13H2,(H,24,26). The minimum atomic E-state index is -0.520. The van der Waals surface area contributed by atoms with Gasteiger partial charge >= 0.3 is 0 Å². The van der Waals surface area contributed by atoms with Crippen LogP contribution in [0.3, 0.4) is 0 Å². The van der Waals surface area contributed by atoms with E-state index < -0.39 is 5.92 Å². The van der Waals surface area contributed by atoms with Crippen LogP contribution in [0.4, 0.5) is 0 Å². The van der Waals surface area contributed by atoms with Crippen LogP contribution >= 0.6 is 11.3 Å². The predicted octanol–water partition coefficient (Wildman–Crippen LogP) is 2.93. The number of carbonyl (C=O) groups excluding carboxylic acids is 2. The third-order valence-corrected chi connectivity index (χ3v) is 6.12. The van der Waals surface area contributed by atoms with Gasteiger partial charge in [0.1, 0.15) is 0 Å². The van der Waals surface area contributed by atoms with Crippen LogP contribution in [0.2, 0.25) is 0 Å². The molecule has 1 unspecified atom stereocenters. The van der Waals surface area contributed by atoms with Crippen molar-refractivity contribution in [3.63, 3.8) is 0 Å². The second-order valence-electron chi connectivity index (χ2n) is 7.17. The Balaban J connectivity index is 1.34. The summed E-state index contributed by atoms with van der Waals surface area (Å²) in [4.78, 5) is 32.8. The third kappa shape index (κ3) is 3.50. The molecule has 30 heavy (non-hydrogen) atoms. The van der Waals surface area contributed by atoms with Gasteiger partial charge in [-0.15, -0.1) is 11.3 Å². The number of thiophene rings is 1. The van der Waals surface area contributed by atoms with Gasteiger partial charge in [-0.05, 0) is 40.8 Å². The Morgan fingerprint density at radius 1 is 1.17 bits per heavy atom. The zero-order valence-electron chi connectivity index (χ0n) is 16.0. The van der Waals surface area contributed by atoms with Crippen LogP contribution in [-0.2, 0) is 17.9 Å². The molecule has 7 nitrogen and oxygen atoms in total. The number of benzene rings is 1. The average Bonchev–Trinajstić information content (AvgIpc) is 3.48. The molecule has 1 N–H and O–H groups in total. The first-order valence-electron chi connectivity index (χ1n) is 9.62. The number of carbonyl (C=O) groups is 2. The molecular formula is C22H19N3O4S. The van der Waals surface area contributed by atoms with Crippen molar-refractivity contribution in [2.45, 2.75) is 19.0 Å². The van der Waals surface area contributed by atoms with Gasteiger partial charge in [0.05, 0.1) is 16.5 Å². The maximum atomic E-state index is 13.1. The van der Waals surface area contributed by atoms with Gasteiger partial charge in [-0.1, -0.05) is 18.2 Å². The van der Waals surface area contributed by atoms with Gasteiger partial charge in [0.25, 0.3) is 5.91 Å². The van der Waals surface area contributed by atoms with Crippen molar-refractivity contribution in [3.8, 4) is 11.5 Å². The van der Waals surface area contributed by atoms with E-state index in [9.17, 15) is 9.59 Å². The minimum absolute atomic E-state index is 0.0620. The number of hydrogen-bond acceptors (Lipinski definition) is 6. The van der Waals surface area contributed by atoms with Crippen molar-refractivity contribution in [1.29, 1.82) is 0 Å². The summed E-state index contributed by atoms with van der Waals surface area (Å²) >= 11 is 1.40. The van der Waals surface area contributed by atoms with Crippen molar-refractivity contribution in [3.05, 3.63) is 75.7 Å². The lowest BCUT2D eigenvalue weighted by molar-refractivity contribution is -0.123. The fourth-order valence-electron chi connectivity index (χ4n) is 3.76. The molecule has 0 bridgehead atoms. The molecule has 1 atom stereocenters. The molecular weight excluding hydrogens is 402 g/mol. The molecule has 5 rings (SSSR count). The highest BCUT2D eigenvalue weighted by Gasteiger charge is 2.34. The summed E-state index contributed by atoms with van der Waals surface area (Å²) < 4.78 is 10.7. The van der Waals surface area contributed by atoms with E-state index in [0.29, 0.717) is 36.0 Å². The molecule has 1 aromatic carbocycles.